The molecule has 1 aromatic heterocycles. The maximum Gasteiger partial charge on any atom is 0.262 e. The van der Waals surface area contributed by atoms with Crippen molar-refractivity contribution in [2.75, 3.05) is 52.4 Å². The number of ether oxygens (including phenoxy) is 3. The number of para-hydroxylation sites is 1. The van der Waals surface area contributed by atoms with Crippen LogP contribution in [0.4, 0.5) is 5.69 Å². The van der Waals surface area contributed by atoms with Crippen molar-refractivity contribution in [1.82, 2.24) is 14.5 Å². The molecule has 5 rings (SSSR count). The highest BCUT2D eigenvalue weighted by atomic mass is 16.5. The monoisotopic (exact) mass is 570 g/mol. The highest BCUT2D eigenvalue weighted by Crippen LogP contribution is 2.41. The first-order chi connectivity index (χ1) is 20.3. The summed E-state index contributed by atoms with van der Waals surface area (Å²) in [5, 5.41) is 0.455. The van der Waals surface area contributed by atoms with Crippen LogP contribution >= 0.6 is 0 Å². The van der Waals surface area contributed by atoms with Gasteiger partial charge in [-0.25, -0.2) is 4.98 Å². The first-order valence-corrected chi connectivity index (χ1v) is 14.2. The van der Waals surface area contributed by atoms with Crippen LogP contribution in [0, 0.1) is 12.8 Å². The standard InChI is InChI=1S/C33H38N4O5/c1-21(2)29(33(39)36-17-15-35(16-18-36)24-13-11-22(3)12-14-24)37-31(34-26-10-8-7-9-25(26)32(37)38)23-19-27(40-4)30(42-6)28(20-23)41-5/h7-14,19-21,29H,15-18H2,1-6H3. The fraction of sp³-hybridized carbons (Fsp3) is 0.364. The average Bonchev–Trinajstić information content (AvgIpc) is 3.01. The summed E-state index contributed by atoms with van der Waals surface area (Å²) in [5.74, 6) is 1.38. The zero-order valence-corrected chi connectivity index (χ0v) is 25.1. The van der Waals surface area contributed by atoms with Crippen LogP contribution in [-0.4, -0.2) is 67.9 Å². The van der Waals surface area contributed by atoms with Gasteiger partial charge in [-0.2, -0.15) is 0 Å². The van der Waals surface area contributed by atoms with Crippen LogP contribution in [0.5, 0.6) is 17.2 Å². The Balaban J connectivity index is 1.59. The van der Waals surface area contributed by atoms with E-state index in [1.807, 2.05) is 30.9 Å². The van der Waals surface area contributed by atoms with Crippen molar-refractivity contribution in [2.24, 2.45) is 5.92 Å². The third-order valence-electron chi connectivity index (χ3n) is 7.88. The van der Waals surface area contributed by atoms with Gasteiger partial charge in [0.15, 0.2) is 11.5 Å². The van der Waals surface area contributed by atoms with E-state index in [2.05, 4.69) is 36.1 Å². The van der Waals surface area contributed by atoms with Gasteiger partial charge in [-0.05, 0) is 49.2 Å². The van der Waals surface area contributed by atoms with Crippen molar-refractivity contribution in [3.8, 4) is 28.6 Å². The molecule has 4 aromatic rings. The molecule has 42 heavy (non-hydrogen) atoms. The van der Waals surface area contributed by atoms with E-state index < -0.39 is 6.04 Å². The van der Waals surface area contributed by atoms with Crippen LogP contribution in [0.2, 0.25) is 0 Å². The maximum absolute atomic E-state index is 14.3. The fourth-order valence-electron chi connectivity index (χ4n) is 5.64. The summed E-state index contributed by atoms with van der Waals surface area (Å²) < 4.78 is 18.3. The van der Waals surface area contributed by atoms with E-state index in [1.54, 1.807) is 43.1 Å². The van der Waals surface area contributed by atoms with E-state index in [0.717, 1.165) is 5.69 Å². The van der Waals surface area contributed by atoms with Gasteiger partial charge in [-0.15, -0.1) is 0 Å². The Morgan fingerprint density at radius 1 is 0.857 bits per heavy atom. The van der Waals surface area contributed by atoms with Crippen molar-refractivity contribution >= 4 is 22.5 Å². The minimum atomic E-state index is -0.769. The summed E-state index contributed by atoms with van der Waals surface area (Å²) in [6.07, 6.45) is 0. The van der Waals surface area contributed by atoms with Crippen LogP contribution in [-0.2, 0) is 4.79 Å². The molecule has 1 aliphatic heterocycles. The third kappa shape index (κ3) is 5.38. The predicted octanol–water partition coefficient (Wildman–Crippen LogP) is 4.94. The number of benzene rings is 3. The van der Waals surface area contributed by atoms with Crippen molar-refractivity contribution in [1.29, 1.82) is 0 Å². The Morgan fingerprint density at radius 3 is 2.05 bits per heavy atom. The number of carbonyl (C=O) groups excluding carboxylic acids is 1. The molecule has 0 saturated carbocycles. The Labute approximate surface area is 246 Å². The lowest BCUT2D eigenvalue weighted by molar-refractivity contribution is -0.136. The van der Waals surface area contributed by atoms with Gasteiger partial charge in [0.2, 0.25) is 11.7 Å². The lowest BCUT2D eigenvalue weighted by atomic mass is 10.00. The van der Waals surface area contributed by atoms with Gasteiger partial charge in [0, 0.05) is 37.4 Å². The molecule has 1 aliphatic rings. The number of piperazine rings is 1. The Bertz CT molecular complexity index is 1610. The van der Waals surface area contributed by atoms with Gasteiger partial charge in [-0.3, -0.25) is 14.2 Å². The molecular formula is C33H38N4O5. The van der Waals surface area contributed by atoms with Gasteiger partial charge in [0.05, 0.1) is 32.2 Å². The van der Waals surface area contributed by atoms with Gasteiger partial charge < -0.3 is 24.0 Å². The van der Waals surface area contributed by atoms with Crippen LogP contribution < -0.4 is 24.7 Å². The van der Waals surface area contributed by atoms with Gasteiger partial charge in [-0.1, -0.05) is 43.7 Å². The van der Waals surface area contributed by atoms with Crippen LogP contribution in [0.3, 0.4) is 0 Å². The number of fused-ring (bicyclic) bond motifs is 1. The first kappa shape index (κ1) is 29.0. The highest BCUT2D eigenvalue weighted by molar-refractivity contribution is 5.85. The normalized spacial score (nSPS) is 14.3. The van der Waals surface area contributed by atoms with E-state index in [-0.39, 0.29) is 17.4 Å². The molecule has 0 bridgehead atoms. The maximum atomic E-state index is 14.3. The number of rotatable bonds is 8. The average molecular weight is 571 g/mol. The van der Waals surface area contributed by atoms with E-state index in [1.165, 1.54) is 12.7 Å². The largest absolute Gasteiger partial charge is 0.493 e. The molecule has 9 heteroatoms. The topological polar surface area (TPSA) is 86.1 Å². The molecule has 1 fully saturated rings. The summed E-state index contributed by atoms with van der Waals surface area (Å²) in [7, 11) is 4.62. The van der Waals surface area contributed by atoms with Gasteiger partial charge in [0.25, 0.3) is 5.56 Å². The Kier molecular flexibility index (Phi) is 8.38. The van der Waals surface area contributed by atoms with E-state index in [0.29, 0.717) is 65.7 Å². The number of aryl methyl sites for hydroxylation is 1. The molecule has 1 saturated heterocycles. The Morgan fingerprint density at radius 2 is 1.48 bits per heavy atom. The van der Waals surface area contributed by atoms with Crippen molar-refractivity contribution < 1.29 is 19.0 Å². The number of amides is 1. The molecule has 1 atom stereocenters. The zero-order chi connectivity index (χ0) is 30.0. The summed E-state index contributed by atoms with van der Waals surface area (Å²) >= 11 is 0. The summed E-state index contributed by atoms with van der Waals surface area (Å²) in [4.78, 5) is 37.6. The van der Waals surface area contributed by atoms with Crippen LogP contribution in [0.15, 0.2) is 65.5 Å². The minimum Gasteiger partial charge on any atom is -0.493 e. The van der Waals surface area contributed by atoms with Gasteiger partial charge in [0.1, 0.15) is 11.9 Å². The zero-order valence-electron chi connectivity index (χ0n) is 25.1. The second-order valence-corrected chi connectivity index (χ2v) is 10.9. The van der Waals surface area contributed by atoms with E-state index in [4.69, 9.17) is 19.2 Å². The van der Waals surface area contributed by atoms with E-state index in [9.17, 15) is 9.59 Å². The quantitative estimate of drug-likeness (QED) is 0.297. The molecule has 2 heterocycles. The molecule has 0 spiro atoms. The molecule has 0 N–H and O–H groups in total. The number of hydrogen-bond acceptors (Lipinski definition) is 7. The van der Waals surface area contributed by atoms with Crippen molar-refractivity contribution in [3.63, 3.8) is 0 Å². The highest BCUT2D eigenvalue weighted by Gasteiger charge is 2.34. The third-order valence-corrected chi connectivity index (χ3v) is 7.88. The molecule has 220 valence electrons. The van der Waals surface area contributed by atoms with E-state index >= 15 is 0 Å². The second-order valence-electron chi connectivity index (χ2n) is 10.9. The molecule has 3 aromatic carbocycles. The molecule has 0 aliphatic carbocycles. The second kappa shape index (κ2) is 12.1. The van der Waals surface area contributed by atoms with Crippen LogP contribution in [0.25, 0.3) is 22.3 Å². The number of nitrogens with zero attached hydrogens (tertiary/aromatic N) is 4. The number of anilines is 1. The molecule has 0 radical (unpaired) electrons. The molecular weight excluding hydrogens is 532 g/mol. The lowest BCUT2D eigenvalue weighted by Gasteiger charge is -2.38. The summed E-state index contributed by atoms with van der Waals surface area (Å²) in [6.45, 7) is 8.55. The number of methoxy groups -OCH3 is 3. The van der Waals surface area contributed by atoms with Crippen molar-refractivity contribution in [2.45, 2.75) is 26.8 Å². The molecule has 1 unspecified atom stereocenters. The Hall–Kier alpha value is -4.53. The SMILES string of the molecule is COc1cc(-c2nc3ccccc3c(=O)n2C(C(=O)N2CCN(c3ccc(C)cc3)CC2)C(C)C)cc(OC)c1OC. The number of carbonyl (C=O) groups is 1. The van der Waals surface area contributed by atoms with Crippen molar-refractivity contribution in [3.05, 3.63) is 76.6 Å². The summed E-state index contributed by atoms with van der Waals surface area (Å²) in [6, 6.07) is 18.4. The number of hydrogen-bond donors (Lipinski definition) is 0. The lowest BCUT2D eigenvalue weighted by Crippen LogP contribution is -2.52. The molecule has 9 nitrogen and oxygen atoms in total. The fourth-order valence-corrected chi connectivity index (χ4v) is 5.64. The van der Waals surface area contributed by atoms with Crippen LogP contribution in [0.1, 0.15) is 25.5 Å². The summed E-state index contributed by atoms with van der Waals surface area (Å²) in [5.41, 5.74) is 3.21. The molecule has 1 amide bonds. The predicted molar refractivity (Wildman–Crippen MR) is 165 cm³/mol. The first-order valence-electron chi connectivity index (χ1n) is 14.2. The number of aromatic nitrogens is 2. The smallest absolute Gasteiger partial charge is 0.262 e. The minimum absolute atomic E-state index is 0.0959. The van der Waals surface area contributed by atoms with Gasteiger partial charge >= 0.3 is 0 Å².